The van der Waals surface area contributed by atoms with E-state index >= 15 is 0 Å². The van der Waals surface area contributed by atoms with Crippen molar-refractivity contribution in [3.05, 3.63) is 46.7 Å². The molecule has 0 amide bonds. The first-order chi connectivity index (χ1) is 10.5. The van der Waals surface area contributed by atoms with E-state index in [1.807, 2.05) is 19.9 Å². The van der Waals surface area contributed by atoms with Gasteiger partial charge in [-0.2, -0.15) is 5.10 Å². The molecule has 0 atom stereocenters. The highest BCUT2D eigenvalue weighted by atomic mass is 35.5. The molecule has 0 spiro atoms. The molecule has 1 aromatic heterocycles. The van der Waals surface area contributed by atoms with E-state index in [2.05, 4.69) is 5.10 Å². The van der Waals surface area contributed by atoms with Gasteiger partial charge in [0.1, 0.15) is 19.0 Å². The Morgan fingerprint density at radius 2 is 1.95 bits per heavy atom. The third kappa shape index (κ3) is 5.07. The molecule has 0 fully saturated rings. The third-order valence-electron chi connectivity index (χ3n) is 3.06. The van der Waals surface area contributed by atoms with Crippen LogP contribution in [0, 0.1) is 13.8 Å². The second kappa shape index (κ2) is 7.84. The number of carbonyl (C=O) groups is 1. The van der Waals surface area contributed by atoms with E-state index in [0.29, 0.717) is 30.3 Å². The van der Waals surface area contributed by atoms with Gasteiger partial charge in [0.15, 0.2) is 0 Å². The Hall–Kier alpha value is -2.01. The minimum atomic E-state index is -0.257. The molecule has 0 saturated heterocycles. The van der Waals surface area contributed by atoms with Gasteiger partial charge in [0, 0.05) is 10.7 Å². The van der Waals surface area contributed by atoms with Crippen LogP contribution < -0.4 is 4.74 Å². The van der Waals surface area contributed by atoms with Gasteiger partial charge in [0.2, 0.25) is 0 Å². The second-order valence-electron chi connectivity index (χ2n) is 4.92. The highest BCUT2D eigenvalue weighted by molar-refractivity contribution is 6.30. The van der Waals surface area contributed by atoms with Crippen LogP contribution in [0.15, 0.2) is 30.3 Å². The van der Waals surface area contributed by atoms with E-state index < -0.39 is 0 Å². The van der Waals surface area contributed by atoms with Crippen molar-refractivity contribution in [3.63, 3.8) is 0 Å². The fraction of sp³-hybridized carbons (Fsp3) is 0.375. The van der Waals surface area contributed by atoms with Gasteiger partial charge in [0.25, 0.3) is 0 Å². The van der Waals surface area contributed by atoms with E-state index in [1.165, 1.54) is 0 Å². The van der Waals surface area contributed by atoms with Crippen LogP contribution in [0.4, 0.5) is 0 Å². The number of nitrogens with zero attached hydrogens (tertiary/aromatic N) is 2. The lowest BCUT2D eigenvalue weighted by Crippen LogP contribution is -2.15. The maximum absolute atomic E-state index is 11.7. The standard InChI is InChI=1S/C16H19ClN2O3/c1-12-11-13(2)19(18-12)8-7-16(20)22-10-9-21-15-5-3-14(17)4-6-15/h3-6,11H,7-10H2,1-2H3. The van der Waals surface area contributed by atoms with Crippen molar-refractivity contribution in [1.82, 2.24) is 9.78 Å². The van der Waals surface area contributed by atoms with Crippen LogP contribution >= 0.6 is 11.6 Å². The quantitative estimate of drug-likeness (QED) is 0.580. The average molecular weight is 323 g/mol. The summed E-state index contributed by atoms with van der Waals surface area (Å²) >= 11 is 5.78. The van der Waals surface area contributed by atoms with Gasteiger partial charge in [0.05, 0.1) is 18.7 Å². The molecule has 0 bridgehead atoms. The van der Waals surface area contributed by atoms with Gasteiger partial charge in [-0.05, 0) is 44.2 Å². The molecule has 2 aromatic rings. The molecular weight excluding hydrogens is 304 g/mol. The number of carbonyl (C=O) groups excluding carboxylic acids is 1. The zero-order chi connectivity index (χ0) is 15.9. The summed E-state index contributed by atoms with van der Waals surface area (Å²) in [7, 11) is 0. The molecule has 6 heteroatoms. The van der Waals surface area contributed by atoms with E-state index in [1.54, 1.807) is 28.9 Å². The Balaban J connectivity index is 1.63. The maximum atomic E-state index is 11.7. The van der Waals surface area contributed by atoms with Crippen LogP contribution in [0.3, 0.4) is 0 Å². The van der Waals surface area contributed by atoms with E-state index in [4.69, 9.17) is 21.1 Å². The Bertz CT molecular complexity index is 623. The molecule has 0 aliphatic heterocycles. The van der Waals surface area contributed by atoms with Crippen molar-refractivity contribution < 1.29 is 14.3 Å². The van der Waals surface area contributed by atoms with E-state index in [9.17, 15) is 4.79 Å². The zero-order valence-electron chi connectivity index (χ0n) is 12.7. The average Bonchev–Trinajstić information content (AvgIpc) is 2.81. The minimum absolute atomic E-state index is 0.221. The minimum Gasteiger partial charge on any atom is -0.490 e. The van der Waals surface area contributed by atoms with Gasteiger partial charge in [-0.25, -0.2) is 0 Å². The lowest BCUT2D eigenvalue weighted by atomic mass is 10.3. The smallest absolute Gasteiger partial charge is 0.307 e. The van der Waals surface area contributed by atoms with Crippen LogP contribution in [-0.4, -0.2) is 29.0 Å². The van der Waals surface area contributed by atoms with Crippen LogP contribution in [0.5, 0.6) is 5.75 Å². The summed E-state index contributed by atoms with van der Waals surface area (Å²) in [6.45, 7) is 4.95. The monoisotopic (exact) mass is 322 g/mol. The Labute approximate surface area is 134 Å². The zero-order valence-corrected chi connectivity index (χ0v) is 13.5. The lowest BCUT2D eigenvalue weighted by Gasteiger charge is -2.08. The first-order valence-corrected chi connectivity index (χ1v) is 7.47. The predicted molar refractivity (Wildman–Crippen MR) is 84.2 cm³/mol. The fourth-order valence-electron chi connectivity index (χ4n) is 2.02. The highest BCUT2D eigenvalue weighted by Gasteiger charge is 2.06. The molecule has 0 unspecified atom stereocenters. The van der Waals surface area contributed by atoms with Gasteiger partial charge >= 0.3 is 5.97 Å². The number of benzene rings is 1. The number of aromatic nitrogens is 2. The predicted octanol–water partition coefficient (Wildman–Crippen LogP) is 3.17. The number of hydrogen-bond acceptors (Lipinski definition) is 4. The van der Waals surface area contributed by atoms with Gasteiger partial charge in [-0.15, -0.1) is 0 Å². The molecular formula is C16H19ClN2O3. The summed E-state index contributed by atoms with van der Waals surface area (Å²) < 4.78 is 12.4. The van der Waals surface area contributed by atoms with Crippen molar-refractivity contribution in [1.29, 1.82) is 0 Å². The van der Waals surface area contributed by atoms with Crippen molar-refractivity contribution in [2.24, 2.45) is 0 Å². The Morgan fingerprint density at radius 1 is 1.23 bits per heavy atom. The second-order valence-corrected chi connectivity index (χ2v) is 5.36. The molecule has 0 aliphatic carbocycles. The fourth-order valence-corrected chi connectivity index (χ4v) is 2.14. The van der Waals surface area contributed by atoms with Crippen LogP contribution in [0.2, 0.25) is 5.02 Å². The van der Waals surface area contributed by atoms with Gasteiger partial charge in [-0.1, -0.05) is 11.6 Å². The molecule has 0 radical (unpaired) electrons. The van der Waals surface area contributed by atoms with E-state index in [0.717, 1.165) is 11.4 Å². The third-order valence-corrected chi connectivity index (χ3v) is 3.31. The number of halogens is 1. The van der Waals surface area contributed by atoms with Crippen molar-refractivity contribution in [2.45, 2.75) is 26.8 Å². The lowest BCUT2D eigenvalue weighted by molar-refractivity contribution is -0.144. The maximum Gasteiger partial charge on any atom is 0.307 e. The summed E-state index contributed by atoms with van der Waals surface area (Å²) in [5.41, 5.74) is 1.98. The number of esters is 1. The van der Waals surface area contributed by atoms with E-state index in [-0.39, 0.29) is 12.6 Å². The van der Waals surface area contributed by atoms with Crippen molar-refractivity contribution in [2.75, 3.05) is 13.2 Å². The number of hydrogen-bond donors (Lipinski definition) is 0. The normalized spacial score (nSPS) is 10.5. The number of aryl methyl sites for hydroxylation is 3. The highest BCUT2D eigenvalue weighted by Crippen LogP contribution is 2.15. The molecule has 2 rings (SSSR count). The molecule has 1 heterocycles. The molecule has 0 N–H and O–H groups in total. The topological polar surface area (TPSA) is 53.4 Å². The van der Waals surface area contributed by atoms with Crippen molar-refractivity contribution >= 4 is 17.6 Å². The first kappa shape index (κ1) is 16.4. The number of rotatable bonds is 7. The SMILES string of the molecule is Cc1cc(C)n(CCC(=O)OCCOc2ccc(Cl)cc2)n1. The number of ether oxygens (including phenoxy) is 2. The summed E-state index contributed by atoms with van der Waals surface area (Å²) in [4.78, 5) is 11.7. The van der Waals surface area contributed by atoms with Crippen LogP contribution in [0.1, 0.15) is 17.8 Å². The summed E-state index contributed by atoms with van der Waals surface area (Å²) in [5, 5.41) is 4.95. The molecule has 1 aromatic carbocycles. The van der Waals surface area contributed by atoms with Gasteiger partial charge < -0.3 is 9.47 Å². The molecule has 0 aliphatic rings. The molecule has 22 heavy (non-hydrogen) atoms. The summed E-state index contributed by atoms with van der Waals surface area (Å²) in [6, 6.07) is 9.01. The summed E-state index contributed by atoms with van der Waals surface area (Å²) in [6.07, 6.45) is 0.295. The Kier molecular flexibility index (Phi) is 5.83. The molecule has 5 nitrogen and oxygen atoms in total. The van der Waals surface area contributed by atoms with Crippen LogP contribution in [-0.2, 0) is 16.1 Å². The summed E-state index contributed by atoms with van der Waals surface area (Å²) in [5.74, 6) is 0.440. The van der Waals surface area contributed by atoms with Gasteiger partial charge in [-0.3, -0.25) is 9.48 Å². The molecule has 118 valence electrons. The first-order valence-electron chi connectivity index (χ1n) is 7.09. The largest absolute Gasteiger partial charge is 0.490 e. The van der Waals surface area contributed by atoms with Crippen LogP contribution in [0.25, 0.3) is 0 Å². The van der Waals surface area contributed by atoms with Crippen molar-refractivity contribution in [3.8, 4) is 5.75 Å². The molecule has 0 saturated carbocycles. The Morgan fingerprint density at radius 3 is 2.59 bits per heavy atom.